The Morgan fingerprint density at radius 1 is 0.974 bits per heavy atom. The summed E-state index contributed by atoms with van der Waals surface area (Å²) in [5.41, 5.74) is 4.79. The highest BCUT2D eigenvalue weighted by atomic mass is 16.6. The van der Waals surface area contributed by atoms with Gasteiger partial charge in [0.25, 0.3) is 0 Å². The molecule has 0 spiro atoms. The Morgan fingerprint density at radius 3 is 2.08 bits per heavy atom. The van der Waals surface area contributed by atoms with E-state index in [4.69, 9.17) is 10.5 Å². The van der Waals surface area contributed by atoms with Gasteiger partial charge < -0.3 is 31.1 Å². The van der Waals surface area contributed by atoms with Gasteiger partial charge in [0.05, 0.1) is 0 Å². The summed E-state index contributed by atoms with van der Waals surface area (Å²) in [4.78, 5) is 53.5. The third-order valence-corrected chi connectivity index (χ3v) is 5.75. The lowest BCUT2D eigenvalue weighted by Crippen LogP contribution is -2.56. The summed E-state index contributed by atoms with van der Waals surface area (Å²) in [5.74, 6) is -1.49. The van der Waals surface area contributed by atoms with Crippen molar-refractivity contribution in [2.45, 2.75) is 111 Å². The molecule has 0 aliphatic carbocycles. The number of nitrogens with one attached hydrogen (secondary N) is 2. The van der Waals surface area contributed by atoms with Gasteiger partial charge >= 0.3 is 6.09 Å². The van der Waals surface area contributed by atoms with E-state index in [0.29, 0.717) is 12.3 Å². The van der Waals surface area contributed by atoms with Gasteiger partial charge in [0.2, 0.25) is 17.7 Å². The molecule has 1 aromatic carbocycles. The summed E-state index contributed by atoms with van der Waals surface area (Å²) in [6, 6.07) is 3.28. The molecule has 10 heteroatoms. The minimum absolute atomic E-state index is 0.0832. The van der Waals surface area contributed by atoms with Crippen molar-refractivity contribution in [3.05, 3.63) is 29.8 Å². The number of carbonyl (C=O) groups is 4. The van der Waals surface area contributed by atoms with Gasteiger partial charge in [-0.15, -0.1) is 0 Å². The normalized spacial score (nSPS) is 13.9. The number of hydrogen-bond donors (Lipinski definition) is 4. The number of carbonyl (C=O) groups excluding carboxylic acids is 4. The molecule has 3 atom stereocenters. The standard InChI is InChI=1S/C28H46N4O6/c1-17(2)13-14-19(5)32(24(25(35)30-18(3)4)20-11-9-10-12-22(20)33)26(36)21(15-16-23(29)34)31-27(37)38-28(6,7)8/h9-12,17-19,21,24,33H,13-16H2,1-8H3,(H2,29,34)(H,30,35)(H,31,37). The molecule has 214 valence electrons. The monoisotopic (exact) mass is 534 g/mol. The van der Waals surface area contributed by atoms with Gasteiger partial charge in [-0.25, -0.2) is 4.79 Å². The molecule has 0 saturated carbocycles. The van der Waals surface area contributed by atoms with E-state index in [2.05, 4.69) is 24.5 Å². The van der Waals surface area contributed by atoms with Gasteiger partial charge in [-0.2, -0.15) is 0 Å². The molecule has 1 rings (SSSR count). The number of benzene rings is 1. The average Bonchev–Trinajstić information content (AvgIpc) is 2.77. The SMILES string of the molecule is CC(C)CCC(C)N(C(=O)C(CCC(N)=O)NC(=O)OC(C)(C)C)C(C(=O)NC(C)C)c1ccccc1O. The third-order valence-electron chi connectivity index (χ3n) is 5.75. The van der Waals surface area contributed by atoms with Crippen molar-refractivity contribution in [1.29, 1.82) is 0 Å². The number of phenolic OH excluding ortho intramolecular Hbond substituents is 1. The zero-order valence-electron chi connectivity index (χ0n) is 24.0. The average molecular weight is 535 g/mol. The minimum atomic E-state index is -1.20. The first-order valence-electron chi connectivity index (χ1n) is 13.2. The molecule has 3 unspecified atom stereocenters. The predicted octanol–water partition coefficient (Wildman–Crippen LogP) is 3.77. The molecular weight excluding hydrogens is 488 g/mol. The van der Waals surface area contributed by atoms with Crippen molar-refractivity contribution in [3.8, 4) is 5.75 Å². The highest BCUT2D eigenvalue weighted by Crippen LogP contribution is 2.33. The lowest BCUT2D eigenvalue weighted by atomic mass is 9.96. The number of nitrogens with zero attached hydrogens (tertiary/aromatic N) is 1. The van der Waals surface area contributed by atoms with E-state index in [-0.39, 0.29) is 30.2 Å². The fourth-order valence-corrected chi connectivity index (χ4v) is 3.99. The molecule has 0 fully saturated rings. The van der Waals surface area contributed by atoms with Crippen LogP contribution >= 0.6 is 0 Å². The fourth-order valence-electron chi connectivity index (χ4n) is 3.99. The van der Waals surface area contributed by atoms with Crippen molar-refractivity contribution in [2.75, 3.05) is 0 Å². The maximum Gasteiger partial charge on any atom is 0.408 e. The summed E-state index contributed by atoms with van der Waals surface area (Å²) in [5, 5.41) is 16.1. The zero-order chi connectivity index (χ0) is 29.2. The Hall–Kier alpha value is -3.30. The highest BCUT2D eigenvalue weighted by molar-refractivity contribution is 5.93. The Kier molecular flexibility index (Phi) is 12.6. The maximum atomic E-state index is 14.2. The number of nitrogens with two attached hydrogens (primary N) is 1. The topological polar surface area (TPSA) is 151 Å². The summed E-state index contributed by atoms with van der Waals surface area (Å²) in [6.07, 6.45) is 0.258. The Labute approximate surface area is 226 Å². The summed E-state index contributed by atoms with van der Waals surface area (Å²) >= 11 is 0. The van der Waals surface area contributed by atoms with Crippen LogP contribution in [-0.4, -0.2) is 57.5 Å². The molecule has 0 aromatic heterocycles. The largest absolute Gasteiger partial charge is 0.508 e. The molecule has 0 aliphatic heterocycles. The number of alkyl carbamates (subject to hydrolysis) is 1. The van der Waals surface area contributed by atoms with Crippen molar-refractivity contribution >= 4 is 23.8 Å². The Morgan fingerprint density at radius 2 is 1.58 bits per heavy atom. The van der Waals surface area contributed by atoms with Crippen LogP contribution in [0.2, 0.25) is 0 Å². The highest BCUT2D eigenvalue weighted by Gasteiger charge is 2.40. The van der Waals surface area contributed by atoms with E-state index in [0.717, 1.165) is 6.42 Å². The second-order valence-corrected chi connectivity index (χ2v) is 11.4. The van der Waals surface area contributed by atoms with E-state index in [1.54, 1.807) is 52.8 Å². The van der Waals surface area contributed by atoms with Gasteiger partial charge in [-0.3, -0.25) is 14.4 Å². The summed E-state index contributed by atoms with van der Waals surface area (Å²) < 4.78 is 5.35. The van der Waals surface area contributed by atoms with Crippen LogP contribution in [0.25, 0.3) is 0 Å². The molecule has 5 N–H and O–H groups in total. The number of aromatic hydroxyl groups is 1. The van der Waals surface area contributed by atoms with Crippen LogP contribution in [0.3, 0.4) is 0 Å². The predicted molar refractivity (Wildman–Crippen MR) is 146 cm³/mol. The van der Waals surface area contributed by atoms with Gasteiger partial charge in [0, 0.05) is 24.1 Å². The van der Waals surface area contributed by atoms with Gasteiger partial charge in [0.1, 0.15) is 23.4 Å². The number of hydrogen-bond acceptors (Lipinski definition) is 6. The molecule has 0 radical (unpaired) electrons. The van der Waals surface area contributed by atoms with Crippen molar-refractivity contribution in [1.82, 2.24) is 15.5 Å². The van der Waals surface area contributed by atoms with Crippen LogP contribution in [-0.2, 0) is 19.1 Å². The smallest absolute Gasteiger partial charge is 0.408 e. The van der Waals surface area contributed by atoms with Crippen LogP contribution < -0.4 is 16.4 Å². The molecular formula is C28H46N4O6. The number of ether oxygens (including phenoxy) is 1. The maximum absolute atomic E-state index is 14.2. The molecule has 1 aromatic rings. The van der Waals surface area contributed by atoms with Crippen LogP contribution in [0.4, 0.5) is 4.79 Å². The molecule has 0 saturated heterocycles. The van der Waals surface area contributed by atoms with E-state index in [1.807, 2.05) is 6.92 Å². The molecule has 10 nitrogen and oxygen atoms in total. The lowest BCUT2D eigenvalue weighted by Gasteiger charge is -2.39. The summed E-state index contributed by atoms with van der Waals surface area (Å²) in [7, 11) is 0. The van der Waals surface area contributed by atoms with Gasteiger partial charge in [-0.05, 0) is 72.8 Å². The number of rotatable bonds is 13. The fraction of sp³-hybridized carbons (Fsp3) is 0.643. The first-order chi connectivity index (χ1) is 17.5. The molecule has 4 amide bonds. The van der Waals surface area contributed by atoms with Crippen molar-refractivity contribution in [2.24, 2.45) is 11.7 Å². The van der Waals surface area contributed by atoms with E-state index < -0.39 is 47.5 Å². The first-order valence-corrected chi connectivity index (χ1v) is 13.2. The molecule has 38 heavy (non-hydrogen) atoms. The number of para-hydroxylation sites is 1. The van der Waals surface area contributed by atoms with Gasteiger partial charge in [0.15, 0.2) is 0 Å². The zero-order valence-corrected chi connectivity index (χ0v) is 24.0. The third kappa shape index (κ3) is 11.0. The number of primary amides is 1. The summed E-state index contributed by atoms with van der Waals surface area (Å²) in [6.45, 7) is 14.6. The molecule has 0 bridgehead atoms. The lowest BCUT2D eigenvalue weighted by molar-refractivity contribution is -0.145. The number of amides is 4. The van der Waals surface area contributed by atoms with Gasteiger partial charge in [-0.1, -0.05) is 32.0 Å². The van der Waals surface area contributed by atoms with E-state index in [1.165, 1.54) is 11.0 Å². The minimum Gasteiger partial charge on any atom is -0.508 e. The van der Waals surface area contributed by atoms with E-state index in [9.17, 15) is 24.3 Å². The number of phenols is 1. The van der Waals surface area contributed by atoms with Crippen molar-refractivity contribution < 1.29 is 29.0 Å². The van der Waals surface area contributed by atoms with E-state index >= 15 is 0 Å². The quantitative estimate of drug-likeness (QED) is 0.302. The molecule has 0 heterocycles. The van der Waals surface area contributed by atoms with Crippen LogP contribution in [0.15, 0.2) is 24.3 Å². The second kappa shape index (κ2) is 14.6. The van der Waals surface area contributed by atoms with Crippen LogP contribution in [0.1, 0.15) is 92.7 Å². The second-order valence-electron chi connectivity index (χ2n) is 11.4. The van der Waals surface area contributed by atoms with Crippen molar-refractivity contribution in [3.63, 3.8) is 0 Å². The van der Waals surface area contributed by atoms with Crippen LogP contribution in [0, 0.1) is 5.92 Å². The Balaban J connectivity index is 3.64. The first kappa shape index (κ1) is 32.7. The molecule has 0 aliphatic rings. The van der Waals surface area contributed by atoms with Crippen LogP contribution in [0.5, 0.6) is 5.75 Å². The Bertz CT molecular complexity index is 957.